The summed E-state index contributed by atoms with van der Waals surface area (Å²) >= 11 is 12.7. The first-order valence-corrected chi connectivity index (χ1v) is 8.27. The number of fused-ring (bicyclic) bond motifs is 3. The summed E-state index contributed by atoms with van der Waals surface area (Å²) in [6, 6.07) is 6.61. The average Bonchev–Trinajstić information content (AvgIpc) is 3.11. The Morgan fingerprint density at radius 2 is 2.15 bits per heavy atom. The smallest absolute Gasteiger partial charge is 0.128 e. The monoisotopic (exact) mass is 308 g/mol. The Morgan fingerprint density at radius 3 is 2.80 bits per heavy atom. The number of rotatable bonds is 2. The van der Waals surface area contributed by atoms with Crippen LogP contribution in [0.1, 0.15) is 49.9 Å². The lowest BCUT2D eigenvalue weighted by atomic mass is 9.95. The van der Waals surface area contributed by atoms with Crippen LogP contribution in [0.3, 0.4) is 0 Å². The zero-order valence-corrected chi connectivity index (χ0v) is 13.0. The zero-order chi connectivity index (χ0) is 13.9. The summed E-state index contributed by atoms with van der Waals surface area (Å²) in [5.41, 5.74) is 2.05. The number of benzene rings is 1. The molecule has 1 aromatic carbocycles. The van der Waals surface area contributed by atoms with E-state index < -0.39 is 0 Å². The highest BCUT2D eigenvalue weighted by Gasteiger charge is 2.42. The maximum Gasteiger partial charge on any atom is 0.128 e. The van der Waals surface area contributed by atoms with E-state index in [9.17, 15) is 0 Å². The van der Waals surface area contributed by atoms with Crippen LogP contribution in [0, 0.1) is 11.8 Å². The Morgan fingerprint density at radius 1 is 1.30 bits per heavy atom. The van der Waals surface area contributed by atoms with Gasteiger partial charge in [-0.15, -0.1) is 11.6 Å². The van der Waals surface area contributed by atoms with Gasteiger partial charge in [-0.2, -0.15) is 0 Å². The van der Waals surface area contributed by atoms with Gasteiger partial charge in [0.05, 0.1) is 15.9 Å². The van der Waals surface area contributed by atoms with E-state index in [1.807, 2.05) is 19.1 Å². The van der Waals surface area contributed by atoms with Crippen LogP contribution < -0.4 is 0 Å². The molecule has 1 heterocycles. The topological polar surface area (TPSA) is 17.8 Å². The van der Waals surface area contributed by atoms with Gasteiger partial charge in [-0.1, -0.05) is 24.1 Å². The van der Waals surface area contributed by atoms with Crippen LogP contribution in [0.4, 0.5) is 0 Å². The Kier molecular flexibility index (Phi) is 3.01. The van der Waals surface area contributed by atoms with Crippen LogP contribution in [0.2, 0.25) is 5.02 Å². The summed E-state index contributed by atoms with van der Waals surface area (Å²) in [6.45, 7) is 2.00. The highest BCUT2D eigenvalue weighted by molar-refractivity contribution is 6.35. The van der Waals surface area contributed by atoms with Gasteiger partial charge in [-0.25, -0.2) is 4.98 Å². The Bertz CT molecular complexity index is 662. The molecule has 2 aliphatic rings. The maximum absolute atomic E-state index is 6.39. The van der Waals surface area contributed by atoms with Crippen molar-refractivity contribution in [3.05, 3.63) is 29.0 Å². The standard InChI is InChI=1S/C16H18Cl2N2/c1-9(17)16-19-15-12(18)3-2-4-13(15)20(16)14-8-10-5-6-11(14)7-10/h2-4,9-11,14H,5-8H2,1H3. The second-order valence-electron chi connectivity index (χ2n) is 6.31. The molecule has 2 fully saturated rings. The molecule has 20 heavy (non-hydrogen) atoms. The zero-order valence-electron chi connectivity index (χ0n) is 11.5. The molecule has 2 aromatic rings. The molecule has 0 radical (unpaired) electrons. The first-order valence-electron chi connectivity index (χ1n) is 7.45. The number of nitrogens with zero attached hydrogens (tertiary/aromatic N) is 2. The predicted octanol–water partition coefficient (Wildman–Crippen LogP) is 5.35. The number of para-hydroxylation sites is 1. The number of imidazole rings is 1. The minimum atomic E-state index is -0.0856. The maximum atomic E-state index is 6.39. The van der Waals surface area contributed by atoms with E-state index >= 15 is 0 Å². The molecule has 0 saturated heterocycles. The molecule has 2 saturated carbocycles. The fourth-order valence-electron chi connectivity index (χ4n) is 4.26. The van der Waals surface area contributed by atoms with Crippen LogP contribution in [0.5, 0.6) is 0 Å². The summed E-state index contributed by atoms with van der Waals surface area (Å²) in [5, 5.41) is 0.639. The van der Waals surface area contributed by atoms with E-state index in [0.29, 0.717) is 6.04 Å². The first kappa shape index (κ1) is 13.0. The molecule has 0 spiro atoms. The van der Waals surface area contributed by atoms with Crippen LogP contribution in [-0.4, -0.2) is 9.55 Å². The number of alkyl halides is 1. The number of aromatic nitrogens is 2. The molecule has 0 aliphatic heterocycles. The van der Waals surface area contributed by atoms with E-state index in [1.165, 1.54) is 25.7 Å². The molecule has 4 atom stereocenters. The highest BCUT2D eigenvalue weighted by Crippen LogP contribution is 2.52. The molecule has 2 bridgehead atoms. The number of hydrogen-bond donors (Lipinski definition) is 0. The minimum Gasteiger partial charge on any atom is -0.323 e. The van der Waals surface area contributed by atoms with Gasteiger partial charge in [0, 0.05) is 6.04 Å². The molecule has 0 N–H and O–H groups in total. The SMILES string of the molecule is CC(Cl)c1nc2c(Cl)cccc2n1C1CC2CCC1C2. The Hall–Kier alpha value is -0.730. The largest absolute Gasteiger partial charge is 0.323 e. The lowest BCUT2D eigenvalue weighted by Gasteiger charge is -2.26. The summed E-state index contributed by atoms with van der Waals surface area (Å²) in [5.74, 6) is 2.68. The number of halogens is 2. The third-order valence-corrected chi connectivity index (χ3v) is 5.59. The van der Waals surface area contributed by atoms with Crippen molar-refractivity contribution in [3.8, 4) is 0 Å². The van der Waals surface area contributed by atoms with Crippen LogP contribution in [0.25, 0.3) is 11.0 Å². The molecular weight excluding hydrogens is 291 g/mol. The van der Waals surface area contributed by atoms with E-state index in [4.69, 9.17) is 28.2 Å². The van der Waals surface area contributed by atoms with Gasteiger partial charge in [-0.05, 0) is 50.2 Å². The van der Waals surface area contributed by atoms with Gasteiger partial charge in [0.1, 0.15) is 11.3 Å². The van der Waals surface area contributed by atoms with Gasteiger partial charge in [0.15, 0.2) is 0 Å². The van der Waals surface area contributed by atoms with Gasteiger partial charge in [0.2, 0.25) is 0 Å². The van der Waals surface area contributed by atoms with Crippen LogP contribution in [0.15, 0.2) is 18.2 Å². The Balaban J connectivity index is 1.92. The minimum absolute atomic E-state index is 0.0856. The van der Waals surface area contributed by atoms with E-state index in [-0.39, 0.29) is 5.38 Å². The van der Waals surface area contributed by atoms with E-state index in [1.54, 1.807) is 0 Å². The first-order chi connectivity index (χ1) is 9.65. The second-order valence-corrected chi connectivity index (χ2v) is 7.37. The predicted molar refractivity (Wildman–Crippen MR) is 83.5 cm³/mol. The lowest BCUT2D eigenvalue weighted by Crippen LogP contribution is -2.18. The molecule has 4 unspecified atom stereocenters. The molecule has 4 rings (SSSR count). The molecule has 1 aromatic heterocycles. The van der Waals surface area contributed by atoms with Crippen LogP contribution >= 0.6 is 23.2 Å². The fraction of sp³-hybridized carbons (Fsp3) is 0.562. The van der Waals surface area contributed by atoms with Gasteiger partial charge < -0.3 is 4.57 Å². The second kappa shape index (κ2) is 4.64. The van der Waals surface area contributed by atoms with Crippen molar-refractivity contribution < 1.29 is 0 Å². The van der Waals surface area contributed by atoms with E-state index in [2.05, 4.69) is 10.6 Å². The molecule has 2 aliphatic carbocycles. The van der Waals surface area contributed by atoms with Crippen LogP contribution in [-0.2, 0) is 0 Å². The van der Waals surface area contributed by atoms with Crippen molar-refractivity contribution >= 4 is 34.2 Å². The normalized spacial score (nSPS) is 30.2. The summed E-state index contributed by atoms with van der Waals surface area (Å²) < 4.78 is 2.39. The van der Waals surface area contributed by atoms with Gasteiger partial charge in [-0.3, -0.25) is 0 Å². The number of hydrogen-bond acceptors (Lipinski definition) is 1. The third-order valence-electron chi connectivity index (χ3n) is 5.09. The molecule has 4 heteroatoms. The van der Waals surface area contributed by atoms with Crippen molar-refractivity contribution in [2.75, 3.05) is 0 Å². The van der Waals surface area contributed by atoms with Crippen molar-refractivity contribution in [1.29, 1.82) is 0 Å². The van der Waals surface area contributed by atoms with Gasteiger partial charge in [0.25, 0.3) is 0 Å². The summed E-state index contributed by atoms with van der Waals surface area (Å²) in [7, 11) is 0. The molecule has 106 valence electrons. The average molecular weight is 309 g/mol. The molecule has 2 nitrogen and oxygen atoms in total. The van der Waals surface area contributed by atoms with Gasteiger partial charge >= 0.3 is 0 Å². The summed E-state index contributed by atoms with van der Waals surface area (Å²) in [4.78, 5) is 4.74. The lowest BCUT2D eigenvalue weighted by molar-refractivity contribution is 0.329. The Labute approximate surface area is 129 Å². The van der Waals surface area contributed by atoms with E-state index in [0.717, 1.165) is 33.7 Å². The van der Waals surface area contributed by atoms with Crippen molar-refractivity contribution in [2.45, 2.75) is 44.0 Å². The van der Waals surface area contributed by atoms with Crippen molar-refractivity contribution in [2.24, 2.45) is 11.8 Å². The molecular formula is C16H18Cl2N2. The quantitative estimate of drug-likeness (QED) is 0.684. The third kappa shape index (κ3) is 1.81. The fourth-order valence-corrected chi connectivity index (χ4v) is 4.62. The highest BCUT2D eigenvalue weighted by atomic mass is 35.5. The van der Waals surface area contributed by atoms with Crippen molar-refractivity contribution in [3.63, 3.8) is 0 Å². The summed E-state index contributed by atoms with van der Waals surface area (Å²) in [6.07, 6.45) is 5.41. The molecule has 0 amide bonds. The van der Waals surface area contributed by atoms with Crippen molar-refractivity contribution in [1.82, 2.24) is 9.55 Å².